The van der Waals surface area contributed by atoms with Crippen LogP contribution < -0.4 is 4.90 Å². The Bertz CT molecular complexity index is 1080. The van der Waals surface area contributed by atoms with Crippen LogP contribution in [0.25, 0.3) is 22.3 Å². The summed E-state index contributed by atoms with van der Waals surface area (Å²) in [5, 5.41) is 21.1. The number of phenolic OH excluding ortho intramolecular Hbond substituents is 1. The highest BCUT2D eigenvalue weighted by molar-refractivity contribution is 5.92. The minimum atomic E-state index is -0.938. The highest BCUT2D eigenvalue weighted by atomic mass is 35.5. The molecule has 3 aromatic rings. The van der Waals surface area contributed by atoms with E-state index in [2.05, 4.69) is 4.90 Å². The Morgan fingerprint density at radius 3 is 2.48 bits per heavy atom. The zero-order valence-electron chi connectivity index (χ0n) is 17.7. The summed E-state index contributed by atoms with van der Waals surface area (Å²) < 4.78 is 0. The number of aromatic nitrogens is 2. The highest BCUT2D eigenvalue weighted by Gasteiger charge is 2.27. The van der Waals surface area contributed by atoms with E-state index in [-0.39, 0.29) is 24.1 Å². The second-order valence-corrected chi connectivity index (χ2v) is 7.64. The SMILES string of the molecule is CC[C@H](O)C(=O)N1CCN(c2nc(-c3ccccc3O)nc3cc(C)ccc23)CC1.Cl. The van der Waals surface area contributed by atoms with E-state index in [1.165, 1.54) is 0 Å². The summed E-state index contributed by atoms with van der Waals surface area (Å²) >= 11 is 0. The van der Waals surface area contributed by atoms with Gasteiger partial charge in [-0.25, -0.2) is 9.97 Å². The summed E-state index contributed by atoms with van der Waals surface area (Å²) in [6.07, 6.45) is -0.522. The molecule has 1 atom stereocenters. The molecule has 2 heterocycles. The molecule has 1 aromatic heterocycles. The molecule has 1 aliphatic heterocycles. The number of hydrogen-bond acceptors (Lipinski definition) is 6. The molecule has 8 heteroatoms. The Kier molecular flexibility index (Phi) is 6.97. The molecule has 0 radical (unpaired) electrons. The normalized spacial score (nSPS) is 14.9. The lowest BCUT2D eigenvalue weighted by atomic mass is 10.1. The number of aliphatic hydroxyl groups is 1. The number of aryl methyl sites for hydroxylation is 1. The van der Waals surface area contributed by atoms with Crippen LogP contribution in [0, 0.1) is 6.92 Å². The van der Waals surface area contributed by atoms with E-state index in [4.69, 9.17) is 9.97 Å². The lowest BCUT2D eigenvalue weighted by Gasteiger charge is -2.36. The van der Waals surface area contributed by atoms with Gasteiger partial charge < -0.3 is 20.0 Å². The van der Waals surface area contributed by atoms with Gasteiger partial charge in [-0.1, -0.05) is 25.1 Å². The number of para-hydroxylation sites is 1. The number of benzene rings is 2. The molecule has 0 spiro atoms. The lowest BCUT2D eigenvalue weighted by molar-refractivity contribution is -0.140. The number of anilines is 1. The van der Waals surface area contributed by atoms with Gasteiger partial charge in [-0.3, -0.25) is 4.79 Å². The Hall–Kier alpha value is -2.90. The first-order chi connectivity index (χ1) is 14.5. The van der Waals surface area contributed by atoms with Gasteiger partial charge in [0.2, 0.25) is 0 Å². The molecule has 164 valence electrons. The monoisotopic (exact) mass is 442 g/mol. The van der Waals surface area contributed by atoms with Gasteiger partial charge in [-0.05, 0) is 43.2 Å². The molecule has 31 heavy (non-hydrogen) atoms. The number of carbonyl (C=O) groups is 1. The molecule has 7 nitrogen and oxygen atoms in total. The van der Waals surface area contributed by atoms with Gasteiger partial charge in [-0.15, -0.1) is 12.4 Å². The number of aliphatic hydroxyl groups excluding tert-OH is 1. The number of piperazine rings is 1. The number of aromatic hydroxyl groups is 1. The third-order valence-corrected chi connectivity index (χ3v) is 5.54. The molecule has 0 saturated carbocycles. The summed E-state index contributed by atoms with van der Waals surface area (Å²) in [4.78, 5) is 25.7. The van der Waals surface area contributed by atoms with Crippen LogP contribution in [-0.4, -0.2) is 63.3 Å². The Balaban J connectivity index is 0.00000272. The largest absolute Gasteiger partial charge is 0.507 e. The molecule has 0 unspecified atom stereocenters. The second-order valence-electron chi connectivity index (χ2n) is 7.64. The minimum absolute atomic E-state index is 0. The number of carbonyl (C=O) groups excluding carboxylic acids is 1. The standard InChI is InChI=1S/C23H26N4O3.ClH/c1-3-19(28)23(30)27-12-10-26(11-13-27)22-16-9-8-15(2)14-18(16)24-21(25-22)17-6-4-5-7-20(17)29;/h4-9,14,19,28-29H,3,10-13H2,1-2H3;1H/t19-;/m0./s1. The highest BCUT2D eigenvalue weighted by Crippen LogP contribution is 2.32. The molecule has 0 bridgehead atoms. The summed E-state index contributed by atoms with van der Waals surface area (Å²) in [5.74, 6) is 1.19. The van der Waals surface area contributed by atoms with Gasteiger partial charge in [0.15, 0.2) is 5.82 Å². The molecule has 1 fully saturated rings. The van der Waals surface area contributed by atoms with Gasteiger partial charge >= 0.3 is 0 Å². The molecular weight excluding hydrogens is 416 g/mol. The van der Waals surface area contributed by atoms with Gasteiger partial charge in [0, 0.05) is 31.6 Å². The maximum Gasteiger partial charge on any atom is 0.251 e. The fourth-order valence-corrected chi connectivity index (χ4v) is 3.77. The predicted octanol–water partition coefficient (Wildman–Crippen LogP) is 3.15. The molecule has 4 rings (SSSR count). The molecule has 2 N–H and O–H groups in total. The Morgan fingerprint density at radius 1 is 1.10 bits per heavy atom. The first-order valence-corrected chi connectivity index (χ1v) is 10.3. The zero-order chi connectivity index (χ0) is 21.3. The van der Waals surface area contributed by atoms with Crippen molar-refractivity contribution >= 4 is 35.0 Å². The third-order valence-electron chi connectivity index (χ3n) is 5.54. The van der Waals surface area contributed by atoms with E-state index in [9.17, 15) is 15.0 Å². The summed E-state index contributed by atoms with van der Waals surface area (Å²) in [7, 11) is 0. The van der Waals surface area contributed by atoms with Crippen molar-refractivity contribution in [2.75, 3.05) is 31.1 Å². The van der Waals surface area contributed by atoms with Crippen LogP contribution in [0.4, 0.5) is 5.82 Å². The summed E-state index contributed by atoms with van der Waals surface area (Å²) in [6, 6.07) is 13.1. The first-order valence-electron chi connectivity index (χ1n) is 10.3. The van der Waals surface area contributed by atoms with Gasteiger partial charge in [0.25, 0.3) is 5.91 Å². The van der Waals surface area contributed by atoms with E-state index in [0.717, 1.165) is 22.3 Å². The Morgan fingerprint density at radius 2 is 1.81 bits per heavy atom. The number of fused-ring (bicyclic) bond motifs is 1. The number of phenols is 1. The molecule has 1 amide bonds. The van der Waals surface area contributed by atoms with Crippen molar-refractivity contribution in [3.63, 3.8) is 0 Å². The minimum Gasteiger partial charge on any atom is -0.507 e. The smallest absolute Gasteiger partial charge is 0.251 e. The quantitative estimate of drug-likeness (QED) is 0.645. The van der Waals surface area contributed by atoms with E-state index in [1.54, 1.807) is 30.0 Å². The van der Waals surface area contributed by atoms with Crippen molar-refractivity contribution in [3.8, 4) is 17.1 Å². The van der Waals surface area contributed by atoms with Crippen LogP contribution in [0.5, 0.6) is 5.75 Å². The van der Waals surface area contributed by atoms with Crippen LogP contribution in [0.15, 0.2) is 42.5 Å². The van der Waals surface area contributed by atoms with Gasteiger partial charge in [-0.2, -0.15) is 0 Å². The second kappa shape index (κ2) is 9.49. The first kappa shape index (κ1) is 22.8. The molecule has 1 saturated heterocycles. The topological polar surface area (TPSA) is 89.8 Å². The maximum absolute atomic E-state index is 12.3. The van der Waals surface area contributed by atoms with Crippen LogP contribution >= 0.6 is 12.4 Å². The van der Waals surface area contributed by atoms with Crippen LogP contribution in [0.3, 0.4) is 0 Å². The van der Waals surface area contributed by atoms with Crippen LogP contribution in [-0.2, 0) is 4.79 Å². The molecule has 0 aliphatic carbocycles. The fourth-order valence-electron chi connectivity index (χ4n) is 3.77. The number of nitrogens with zero attached hydrogens (tertiary/aromatic N) is 4. The molecule has 2 aromatic carbocycles. The maximum atomic E-state index is 12.3. The molecular formula is C23H27ClN4O3. The Labute approximate surface area is 187 Å². The van der Waals surface area contributed by atoms with Crippen molar-refractivity contribution < 1.29 is 15.0 Å². The van der Waals surface area contributed by atoms with E-state index in [1.807, 2.05) is 31.2 Å². The average molecular weight is 443 g/mol. The third kappa shape index (κ3) is 4.57. The predicted molar refractivity (Wildman–Crippen MR) is 124 cm³/mol. The van der Waals surface area contributed by atoms with Crippen LogP contribution in [0.1, 0.15) is 18.9 Å². The number of halogens is 1. The van der Waals surface area contributed by atoms with Gasteiger partial charge in [0.05, 0.1) is 11.1 Å². The van der Waals surface area contributed by atoms with Crippen molar-refractivity contribution in [2.45, 2.75) is 26.4 Å². The van der Waals surface area contributed by atoms with Crippen molar-refractivity contribution in [1.29, 1.82) is 0 Å². The van der Waals surface area contributed by atoms with Crippen molar-refractivity contribution in [3.05, 3.63) is 48.0 Å². The van der Waals surface area contributed by atoms with Crippen molar-refractivity contribution in [1.82, 2.24) is 14.9 Å². The summed E-state index contributed by atoms with van der Waals surface area (Å²) in [5.41, 5.74) is 2.50. The van der Waals surface area contributed by atoms with Crippen molar-refractivity contribution in [2.24, 2.45) is 0 Å². The average Bonchev–Trinajstić information content (AvgIpc) is 2.77. The van der Waals surface area contributed by atoms with Gasteiger partial charge in [0.1, 0.15) is 17.7 Å². The lowest BCUT2D eigenvalue weighted by Crippen LogP contribution is -2.51. The van der Waals surface area contributed by atoms with E-state index in [0.29, 0.717) is 44.0 Å². The zero-order valence-corrected chi connectivity index (χ0v) is 18.5. The fraction of sp³-hybridized carbons (Fsp3) is 0.348. The number of amides is 1. The number of hydrogen-bond donors (Lipinski definition) is 2. The summed E-state index contributed by atoms with van der Waals surface area (Å²) in [6.45, 7) is 6.10. The van der Waals surface area contributed by atoms with E-state index >= 15 is 0 Å². The number of rotatable bonds is 4. The van der Waals surface area contributed by atoms with E-state index < -0.39 is 6.10 Å². The van der Waals surface area contributed by atoms with Crippen LogP contribution in [0.2, 0.25) is 0 Å². The molecule has 1 aliphatic rings.